The minimum absolute atomic E-state index is 0.0871. The molecule has 180 valence electrons. The van der Waals surface area contributed by atoms with Gasteiger partial charge in [0.15, 0.2) is 5.76 Å². The Kier molecular flexibility index (Phi) is 4.73. The Hall–Kier alpha value is -1.61. The van der Waals surface area contributed by atoms with Gasteiger partial charge in [-0.25, -0.2) is 0 Å². The van der Waals surface area contributed by atoms with Crippen LogP contribution in [-0.2, 0) is 4.79 Å². The van der Waals surface area contributed by atoms with Crippen LogP contribution in [0.3, 0.4) is 0 Å². The van der Waals surface area contributed by atoms with Crippen molar-refractivity contribution in [1.29, 1.82) is 0 Å². The molecule has 3 nitrogen and oxygen atoms in total. The fourth-order valence-corrected chi connectivity index (χ4v) is 8.85. The standard InChI is InChI=1S/C30H43NO2/c1-19-20-9-10-23-28(4,21(20)17-22(32)25(19)33)14-16-30(6)24-18-27(3,31(7)8)13-11-26(24,2)12-15-29(23,30)5/h9-10,17,24,33H,11-16,18H2,1-8H3/t24?,26?,27?,28-,29+,30-/m0/s1. The SMILES string of the molecule is CC1=C(O)C(=O)C=C2C1=CC=C1[C@@]2(C)CC[C@@]2(C)C3CC(C)(N(C)C)CCC3(C)CC[C@]12C. The Morgan fingerprint density at radius 1 is 0.939 bits per heavy atom. The molecule has 0 amide bonds. The molecule has 3 unspecified atom stereocenters. The number of fused-ring (bicyclic) bond motifs is 7. The van der Waals surface area contributed by atoms with Crippen LogP contribution in [0.5, 0.6) is 0 Å². The van der Waals surface area contributed by atoms with Crippen LogP contribution in [0.25, 0.3) is 0 Å². The smallest absolute Gasteiger partial charge is 0.220 e. The summed E-state index contributed by atoms with van der Waals surface area (Å²) in [5.41, 5.74) is 5.35. The molecule has 5 aliphatic carbocycles. The Morgan fingerprint density at radius 2 is 1.61 bits per heavy atom. The summed E-state index contributed by atoms with van der Waals surface area (Å²) < 4.78 is 0. The van der Waals surface area contributed by atoms with E-state index in [0.29, 0.717) is 11.3 Å². The van der Waals surface area contributed by atoms with E-state index in [1.807, 2.05) is 6.92 Å². The second kappa shape index (κ2) is 6.74. The van der Waals surface area contributed by atoms with Crippen LogP contribution >= 0.6 is 0 Å². The van der Waals surface area contributed by atoms with Crippen LogP contribution in [0, 0.1) is 27.6 Å². The fourth-order valence-electron chi connectivity index (χ4n) is 8.85. The number of aliphatic hydroxyl groups excluding tert-OH is 1. The van der Waals surface area contributed by atoms with E-state index < -0.39 is 0 Å². The van der Waals surface area contributed by atoms with E-state index in [1.54, 1.807) is 6.08 Å². The normalized spacial score (nSPS) is 47.1. The van der Waals surface area contributed by atoms with Crippen LogP contribution in [0.15, 0.2) is 46.3 Å². The molecule has 33 heavy (non-hydrogen) atoms. The summed E-state index contributed by atoms with van der Waals surface area (Å²) in [7, 11) is 4.53. The summed E-state index contributed by atoms with van der Waals surface area (Å²) in [4.78, 5) is 15.1. The van der Waals surface area contributed by atoms with Gasteiger partial charge in [0.25, 0.3) is 0 Å². The molecule has 0 aliphatic heterocycles. The number of allylic oxidation sites excluding steroid dienone is 7. The molecule has 0 spiro atoms. The lowest BCUT2D eigenvalue weighted by Gasteiger charge is -2.70. The monoisotopic (exact) mass is 449 g/mol. The fraction of sp³-hybridized carbons (Fsp3) is 0.700. The average Bonchev–Trinajstić information content (AvgIpc) is 2.75. The Bertz CT molecular complexity index is 1060. The van der Waals surface area contributed by atoms with Gasteiger partial charge in [-0.3, -0.25) is 4.79 Å². The van der Waals surface area contributed by atoms with E-state index in [4.69, 9.17) is 0 Å². The van der Waals surface area contributed by atoms with Crippen molar-refractivity contribution in [2.24, 2.45) is 27.6 Å². The summed E-state index contributed by atoms with van der Waals surface area (Å²) in [6.45, 7) is 14.5. The maximum Gasteiger partial charge on any atom is 0.220 e. The number of ketones is 1. The molecule has 5 rings (SSSR count). The molecule has 0 aromatic rings. The first-order valence-corrected chi connectivity index (χ1v) is 13.0. The third-order valence-corrected chi connectivity index (χ3v) is 11.9. The van der Waals surface area contributed by atoms with Gasteiger partial charge in [0.2, 0.25) is 5.78 Å². The van der Waals surface area contributed by atoms with E-state index in [2.05, 4.69) is 65.8 Å². The highest BCUT2D eigenvalue weighted by molar-refractivity contribution is 6.06. The predicted octanol–water partition coefficient (Wildman–Crippen LogP) is 6.93. The lowest BCUT2D eigenvalue weighted by molar-refractivity contribution is -0.162. The van der Waals surface area contributed by atoms with Crippen molar-refractivity contribution >= 4 is 5.78 Å². The molecule has 5 aliphatic rings. The molecular formula is C30H43NO2. The molecular weight excluding hydrogens is 406 g/mol. The van der Waals surface area contributed by atoms with Crippen LogP contribution in [-0.4, -0.2) is 35.4 Å². The topological polar surface area (TPSA) is 40.5 Å². The zero-order chi connectivity index (χ0) is 24.2. The van der Waals surface area contributed by atoms with Gasteiger partial charge in [-0.2, -0.15) is 0 Å². The van der Waals surface area contributed by atoms with Gasteiger partial charge in [-0.15, -0.1) is 0 Å². The van der Waals surface area contributed by atoms with E-state index in [1.165, 1.54) is 44.1 Å². The third kappa shape index (κ3) is 2.75. The lowest BCUT2D eigenvalue weighted by atomic mass is 9.35. The maximum atomic E-state index is 12.6. The van der Waals surface area contributed by atoms with E-state index in [0.717, 1.165) is 23.1 Å². The van der Waals surface area contributed by atoms with Gasteiger partial charge in [-0.05, 0) is 112 Å². The number of carbonyl (C=O) groups excluding carboxylic acids is 1. The van der Waals surface area contributed by atoms with Gasteiger partial charge < -0.3 is 10.0 Å². The Balaban J connectivity index is 1.64. The van der Waals surface area contributed by atoms with Gasteiger partial charge >= 0.3 is 0 Å². The number of carbonyl (C=O) groups is 1. The molecule has 0 heterocycles. The van der Waals surface area contributed by atoms with Crippen LogP contribution in [0.4, 0.5) is 0 Å². The van der Waals surface area contributed by atoms with Crippen molar-refractivity contribution in [3.8, 4) is 0 Å². The highest BCUT2D eigenvalue weighted by Crippen LogP contribution is 2.75. The van der Waals surface area contributed by atoms with Gasteiger partial charge in [0.05, 0.1) is 0 Å². The van der Waals surface area contributed by atoms with Crippen molar-refractivity contribution in [3.63, 3.8) is 0 Å². The average molecular weight is 450 g/mol. The van der Waals surface area contributed by atoms with Crippen LogP contribution in [0.1, 0.15) is 86.5 Å². The zero-order valence-electron chi connectivity index (χ0n) is 22.1. The lowest BCUT2D eigenvalue weighted by Crippen LogP contribution is -2.63. The molecule has 3 fully saturated rings. The number of rotatable bonds is 1. The second-order valence-electron chi connectivity index (χ2n) is 13.4. The number of hydrogen-bond donors (Lipinski definition) is 1. The van der Waals surface area contributed by atoms with Crippen LogP contribution < -0.4 is 0 Å². The number of aliphatic hydroxyl groups is 1. The van der Waals surface area contributed by atoms with Crippen LogP contribution in [0.2, 0.25) is 0 Å². The summed E-state index contributed by atoms with van der Waals surface area (Å²) in [6, 6.07) is 0. The molecule has 3 heteroatoms. The third-order valence-electron chi connectivity index (χ3n) is 11.9. The Labute approximate surface area is 200 Å². The quantitative estimate of drug-likeness (QED) is 0.472. The van der Waals surface area contributed by atoms with Crippen molar-refractivity contribution in [1.82, 2.24) is 4.90 Å². The molecule has 0 saturated heterocycles. The largest absolute Gasteiger partial charge is 0.504 e. The molecule has 0 aromatic carbocycles. The summed E-state index contributed by atoms with van der Waals surface area (Å²) in [5, 5.41) is 10.3. The highest BCUT2D eigenvalue weighted by Gasteiger charge is 2.66. The number of hydrogen-bond acceptors (Lipinski definition) is 3. The molecule has 0 bridgehead atoms. The van der Waals surface area contributed by atoms with Gasteiger partial charge in [-0.1, -0.05) is 45.4 Å². The number of nitrogens with zero attached hydrogens (tertiary/aromatic N) is 1. The van der Waals surface area contributed by atoms with Crippen molar-refractivity contribution in [3.05, 3.63) is 46.3 Å². The van der Waals surface area contributed by atoms with E-state index >= 15 is 0 Å². The molecule has 0 aromatic heterocycles. The van der Waals surface area contributed by atoms with Gasteiger partial charge in [0, 0.05) is 16.5 Å². The van der Waals surface area contributed by atoms with Gasteiger partial charge in [0.1, 0.15) is 0 Å². The Morgan fingerprint density at radius 3 is 2.27 bits per heavy atom. The summed E-state index contributed by atoms with van der Waals surface area (Å²) in [5.74, 6) is 0.371. The predicted molar refractivity (Wildman–Crippen MR) is 135 cm³/mol. The minimum atomic E-state index is -0.231. The first-order valence-electron chi connectivity index (χ1n) is 13.0. The molecule has 3 saturated carbocycles. The van der Waals surface area contributed by atoms with E-state index in [9.17, 15) is 9.90 Å². The first kappa shape index (κ1) is 23.1. The van der Waals surface area contributed by atoms with Crippen molar-refractivity contribution in [2.45, 2.75) is 92.0 Å². The maximum absolute atomic E-state index is 12.6. The minimum Gasteiger partial charge on any atom is -0.504 e. The second-order valence-corrected chi connectivity index (χ2v) is 13.4. The van der Waals surface area contributed by atoms with Crippen molar-refractivity contribution < 1.29 is 9.90 Å². The summed E-state index contributed by atoms with van der Waals surface area (Å²) in [6.07, 6.45) is 15.0. The van der Waals surface area contributed by atoms with Crippen molar-refractivity contribution in [2.75, 3.05) is 14.1 Å². The molecule has 1 N–H and O–H groups in total. The molecule has 0 radical (unpaired) electrons. The first-order chi connectivity index (χ1) is 15.2. The highest BCUT2D eigenvalue weighted by atomic mass is 16.3. The summed E-state index contributed by atoms with van der Waals surface area (Å²) >= 11 is 0. The van der Waals surface area contributed by atoms with E-state index in [-0.39, 0.29) is 33.3 Å². The molecule has 6 atom stereocenters. The zero-order valence-corrected chi connectivity index (χ0v) is 22.1.